The highest BCUT2D eigenvalue weighted by atomic mass is 19.1. The first-order valence-corrected chi connectivity index (χ1v) is 6.77. The lowest BCUT2D eigenvalue weighted by Gasteiger charge is -2.26. The van der Waals surface area contributed by atoms with Gasteiger partial charge in [-0.05, 0) is 35.1 Å². The van der Waals surface area contributed by atoms with Gasteiger partial charge in [0.2, 0.25) is 5.91 Å². The minimum absolute atomic E-state index is 0.0875. The minimum Gasteiger partial charge on any atom is -0.338 e. The fraction of sp³-hybridized carbons (Fsp3) is 0.500. The molecule has 2 rings (SSSR count). The lowest BCUT2D eigenvalue weighted by Crippen LogP contribution is -2.27. The van der Waals surface area contributed by atoms with Crippen molar-refractivity contribution in [1.29, 1.82) is 5.26 Å². The van der Waals surface area contributed by atoms with Gasteiger partial charge in [0.1, 0.15) is 5.82 Å². The van der Waals surface area contributed by atoms with E-state index in [1.807, 2.05) is 6.07 Å². The van der Waals surface area contributed by atoms with E-state index in [0.717, 1.165) is 0 Å². The Labute approximate surface area is 119 Å². The molecular weight excluding hydrogens is 255 g/mol. The van der Waals surface area contributed by atoms with Crippen molar-refractivity contribution in [3.63, 3.8) is 0 Å². The van der Waals surface area contributed by atoms with Crippen LogP contribution in [-0.2, 0) is 11.3 Å². The van der Waals surface area contributed by atoms with Crippen molar-refractivity contribution in [2.75, 3.05) is 6.54 Å². The maximum absolute atomic E-state index is 13.4. The van der Waals surface area contributed by atoms with Crippen molar-refractivity contribution in [2.24, 2.45) is 11.3 Å². The molecule has 0 radical (unpaired) electrons. The number of rotatable bonds is 2. The molecule has 1 atom stereocenters. The van der Waals surface area contributed by atoms with Crippen LogP contribution in [0, 0.1) is 28.5 Å². The Hall–Kier alpha value is -1.89. The van der Waals surface area contributed by atoms with Crippen LogP contribution in [0.4, 0.5) is 4.39 Å². The topological polar surface area (TPSA) is 44.1 Å². The molecule has 4 heteroatoms. The summed E-state index contributed by atoms with van der Waals surface area (Å²) in [5, 5.41) is 8.85. The maximum atomic E-state index is 13.4. The molecule has 1 aliphatic heterocycles. The third-order valence-electron chi connectivity index (χ3n) is 3.90. The second kappa shape index (κ2) is 5.24. The quantitative estimate of drug-likeness (QED) is 0.831. The molecule has 1 heterocycles. The van der Waals surface area contributed by atoms with Crippen molar-refractivity contribution in [1.82, 2.24) is 4.90 Å². The van der Waals surface area contributed by atoms with Crippen LogP contribution in [0.3, 0.4) is 0 Å². The Balaban J connectivity index is 2.13. The lowest BCUT2D eigenvalue weighted by atomic mass is 9.80. The number of benzene rings is 1. The van der Waals surface area contributed by atoms with Crippen LogP contribution in [0.15, 0.2) is 18.2 Å². The molecular formula is C16H19FN2O. The van der Waals surface area contributed by atoms with E-state index < -0.39 is 5.82 Å². The Morgan fingerprint density at radius 2 is 2.10 bits per heavy atom. The summed E-state index contributed by atoms with van der Waals surface area (Å²) in [6.07, 6.45) is 0.546. The van der Waals surface area contributed by atoms with Gasteiger partial charge < -0.3 is 4.90 Å². The molecule has 0 N–H and O–H groups in total. The average Bonchev–Trinajstić information content (AvgIpc) is 2.70. The molecule has 0 aromatic heterocycles. The Morgan fingerprint density at radius 1 is 1.40 bits per heavy atom. The summed E-state index contributed by atoms with van der Waals surface area (Å²) >= 11 is 0. The van der Waals surface area contributed by atoms with E-state index in [4.69, 9.17) is 5.26 Å². The summed E-state index contributed by atoms with van der Waals surface area (Å²) in [5.41, 5.74) is 1.05. The van der Waals surface area contributed by atoms with E-state index in [0.29, 0.717) is 36.6 Å². The van der Waals surface area contributed by atoms with Crippen LogP contribution in [0.25, 0.3) is 0 Å². The molecule has 3 nitrogen and oxygen atoms in total. The highest BCUT2D eigenvalue weighted by Crippen LogP contribution is 2.34. The third kappa shape index (κ3) is 3.16. The SMILES string of the molecule is CC(C)(C)C1CC(=O)N(Cc2cc(F)cc(C#N)c2)C1. The molecule has 1 amide bonds. The molecule has 1 saturated heterocycles. The summed E-state index contributed by atoms with van der Waals surface area (Å²) in [6, 6.07) is 6.16. The van der Waals surface area contributed by atoms with Gasteiger partial charge in [0, 0.05) is 19.5 Å². The zero-order valence-electron chi connectivity index (χ0n) is 12.1. The van der Waals surface area contributed by atoms with Gasteiger partial charge in [0.25, 0.3) is 0 Å². The molecule has 1 aliphatic rings. The second-order valence-corrected chi connectivity index (χ2v) is 6.50. The van der Waals surface area contributed by atoms with E-state index in [9.17, 15) is 9.18 Å². The Bertz CT molecular complexity index is 569. The van der Waals surface area contributed by atoms with E-state index in [1.54, 1.807) is 11.0 Å². The van der Waals surface area contributed by atoms with Crippen molar-refractivity contribution in [2.45, 2.75) is 33.7 Å². The second-order valence-electron chi connectivity index (χ2n) is 6.50. The van der Waals surface area contributed by atoms with E-state index in [-0.39, 0.29) is 11.3 Å². The summed E-state index contributed by atoms with van der Waals surface area (Å²) in [5.74, 6) is -0.00948. The fourth-order valence-electron chi connectivity index (χ4n) is 2.53. The summed E-state index contributed by atoms with van der Waals surface area (Å²) in [7, 11) is 0. The van der Waals surface area contributed by atoms with Gasteiger partial charge >= 0.3 is 0 Å². The number of likely N-dealkylation sites (tertiary alicyclic amines) is 1. The maximum Gasteiger partial charge on any atom is 0.223 e. The Kier molecular flexibility index (Phi) is 3.80. The highest BCUT2D eigenvalue weighted by Gasteiger charge is 2.36. The lowest BCUT2D eigenvalue weighted by molar-refractivity contribution is -0.128. The van der Waals surface area contributed by atoms with Crippen LogP contribution in [-0.4, -0.2) is 17.4 Å². The van der Waals surface area contributed by atoms with Crippen LogP contribution >= 0.6 is 0 Å². The van der Waals surface area contributed by atoms with Crippen LogP contribution < -0.4 is 0 Å². The molecule has 20 heavy (non-hydrogen) atoms. The predicted molar refractivity (Wildman–Crippen MR) is 74.1 cm³/mol. The van der Waals surface area contributed by atoms with E-state index in [2.05, 4.69) is 20.8 Å². The number of nitriles is 1. The molecule has 1 fully saturated rings. The largest absolute Gasteiger partial charge is 0.338 e. The smallest absolute Gasteiger partial charge is 0.223 e. The number of carbonyl (C=O) groups excluding carboxylic acids is 1. The normalized spacial score (nSPS) is 19.2. The Morgan fingerprint density at radius 3 is 2.65 bits per heavy atom. The monoisotopic (exact) mass is 274 g/mol. The van der Waals surface area contributed by atoms with Gasteiger partial charge in [0.05, 0.1) is 11.6 Å². The number of carbonyl (C=O) groups is 1. The third-order valence-corrected chi connectivity index (χ3v) is 3.90. The molecule has 106 valence electrons. The van der Waals surface area contributed by atoms with Gasteiger partial charge in [-0.15, -0.1) is 0 Å². The van der Waals surface area contributed by atoms with Crippen molar-refractivity contribution < 1.29 is 9.18 Å². The van der Waals surface area contributed by atoms with Crippen LogP contribution in [0.5, 0.6) is 0 Å². The molecule has 0 saturated carbocycles. The van der Waals surface area contributed by atoms with Crippen LogP contribution in [0.1, 0.15) is 38.3 Å². The number of amides is 1. The van der Waals surface area contributed by atoms with E-state index >= 15 is 0 Å². The average molecular weight is 274 g/mol. The van der Waals surface area contributed by atoms with Crippen LogP contribution in [0.2, 0.25) is 0 Å². The summed E-state index contributed by atoms with van der Waals surface area (Å²) in [6.45, 7) is 7.46. The van der Waals surface area contributed by atoms with Crippen molar-refractivity contribution in [3.05, 3.63) is 35.1 Å². The summed E-state index contributed by atoms with van der Waals surface area (Å²) < 4.78 is 13.4. The van der Waals surface area contributed by atoms with E-state index in [1.165, 1.54) is 12.1 Å². The summed E-state index contributed by atoms with van der Waals surface area (Å²) in [4.78, 5) is 13.8. The van der Waals surface area contributed by atoms with Gasteiger partial charge in [-0.3, -0.25) is 4.79 Å². The molecule has 0 aliphatic carbocycles. The number of hydrogen-bond donors (Lipinski definition) is 0. The molecule has 1 unspecified atom stereocenters. The number of halogens is 1. The first-order valence-electron chi connectivity index (χ1n) is 6.77. The first kappa shape index (κ1) is 14.5. The minimum atomic E-state index is -0.432. The standard InChI is InChI=1S/C16H19FN2O/c1-16(2,3)13-7-15(20)19(10-13)9-12-4-11(8-18)5-14(17)6-12/h4-6,13H,7,9-10H2,1-3H3. The van der Waals surface area contributed by atoms with Crippen molar-refractivity contribution >= 4 is 5.91 Å². The number of hydrogen-bond acceptors (Lipinski definition) is 2. The zero-order valence-corrected chi connectivity index (χ0v) is 12.1. The highest BCUT2D eigenvalue weighted by molar-refractivity contribution is 5.78. The molecule has 0 bridgehead atoms. The van der Waals surface area contributed by atoms with Crippen molar-refractivity contribution in [3.8, 4) is 6.07 Å². The zero-order chi connectivity index (χ0) is 14.9. The van der Waals surface area contributed by atoms with Gasteiger partial charge in [-0.25, -0.2) is 4.39 Å². The first-order chi connectivity index (χ1) is 9.29. The molecule has 1 aromatic carbocycles. The fourth-order valence-corrected chi connectivity index (χ4v) is 2.53. The van der Waals surface area contributed by atoms with Gasteiger partial charge in [-0.2, -0.15) is 5.26 Å². The predicted octanol–water partition coefficient (Wildman–Crippen LogP) is 3.09. The van der Waals surface area contributed by atoms with Gasteiger partial charge in [0.15, 0.2) is 0 Å². The molecule has 0 spiro atoms. The number of nitrogens with zero attached hydrogens (tertiary/aromatic N) is 2. The van der Waals surface area contributed by atoms with Gasteiger partial charge in [-0.1, -0.05) is 20.8 Å². The molecule has 1 aromatic rings.